The predicted octanol–water partition coefficient (Wildman–Crippen LogP) is 4.55. The molecular weight excluding hydrogens is 325 g/mol. The molecule has 1 atom stereocenters. The summed E-state index contributed by atoms with van der Waals surface area (Å²) < 4.78 is 14.1. The minimum atomic E-state index is -0.233. The number of hydrogen-bond acceptors (Lipinski definition) is 2. The van der Waals surface area contributed by atoms with E-state index in [4.69, 9.17) is 5.73 Å². The van der Waals surface area contributed by atoms with Gasteiger partial charge in [-0.15, -0.1) is 11.8 Å². The molecule has 0 spiro atoms. The van der Waals surface area contributed by atoms with E-state index in [1.807, 2.05) is 18.4 Å². The summed E-state index contributed by atoms with van der Waals surface area (Å²) in [7, 11) is 0. The van der Waals surface area contributed by atoms with Crippen molar-refractivity contribution >= 4 is 27.7 Å². The number of benzene rings is 2. The summed E-state index contributed by atoms with van der Waals surface area (Å²) in [6, 6.07) is 12.7. The van der Waals surface area contributed by atoms with E-state index in [0.29, 0.717) is 6.42 Å². The lowest BCUT2D eigenvalue weighted by molar-refractivity contribution is 0.621. The Balaban J connectivity index is 2.15. The second-order valence-corrected chi connectivity index (χ2v) is 6.05. The number of halogens is 2. The zero-order valence-corrected chi connectivity index (χ0v) is 13.0. The van der Waals surface area contributed by atoms with Crippen molar-refractivity contribution < 1.29 is 4.39 Å². The van der Waals surface area contributed by atoms with Gasteiger partial charge in [0.1, 0.15) is 5.82 Å². The van der Waals surface area contributed by atoms with E-state index in [9.17, 15) is 4.39 Å². The highest BCUT2D eigenvalue weighted by atomic mass is 79.9. The maximum Gasteiger partial charge on any atom is 0.123 e. The molecule has 0 aliphatic heterocycles. The van der Waals surface area contributed by atoms with Crippen molar-refractivity contribution in [1.82, 2.24) is 0 Å². The van der Waals surface area contributed by atoms with Crippen LogP contribution in [0.3, 0.4) is 0 Å². The maximum absolute atomic E-state index is 13.2. The molecule has 1 nitrogen and oxygen atoms in total. The second kappa shape index (κ2) is 6.55. The van der Waals surface area contributed by atoms with Gasteiger partial charge in [0, 0.05) is 15.4 Å². The van der Waals surface area contributed by atoms with Gasteiger partial charge in [0.2, 0.25) is 0 Å². The van der Waals surface area contributed by atoms with Crippen molar-refractivity contribution in [2.45, 2.75) is 17.4 Å². The molecule has 2 rings (SSSR count). The van der Waals surface area contributed by atoms with Crippen LogP contribution in [0.1, 0.15) is 17.2 Å². The van der Waals surface area contributed by atoms with Gasteiger partial charge in [-0.05, 0) is 54.1 Å². The van der Waals surface area contributed by atoms with Gasteiger partial charge in [0.25, 0.3) is 0 Å². The molecule has 2 aromatic carbocycles. The largest absolute Gasteiger partial charge is 0.324 e. The third kappa shape index (κ3) is 3.81. The van der Waals surface area contributed by atoms with Crippen molar-refractivity contribution in [3.8, 4) is 0 Å². The molecule has 2 N–H and O–H groups in total. The molecular formula is C15H15BrFNS. The molecule has 0 radical (unpaired) electrons. The first kappa shape index (κ1) is 14.6. The normalized spacial score (nSPS) is 12.4. The Hall–Kier alpha value is -0.840. The average molecular weight is 340 g/mol. The van der Waals surface area contributed by atoms with Crippen LogP contribution in [0.4, 0.5) is 4.39 Å². The van der Waals surface area contributed by atoms with Gasteiger partial charge < -0.3 is 5.73 Å². The van der Waals surface area contributed by atoms with Gasteiger partial charge in [-0.3, -0.25) is 0 Å². The first-order chi connectivity index (χ1) is 9.10. The highest BCUT2D eigenvalue weighted by Crippen LogP contribution is 2.24. The molecule has 0 aliphatic carbocycles. The van der Waals surface area contributed by atoms with E-state index in [0.717, 1.165) is 15.6 Å². The Morgan fingerprint density at radius 1 is 1.21 bits per heavy atom. The molecule has 19 heavy (non-hydrogen) atoms. The molecule has 4 heteroatoms. The summed E-state index contributed by atoms with van der Waals surface area (Å²) >= 11 is 5.13. The molecule has 0 amide bonds. The monoisotopic (exact) mass is 339 g/mol. The zero-order chi connectivity index (χ0) is 13.8. The third-order valence-electron chi connectivity index (χ3n) is 2.99. The number of nitrogens with two attached hydrogens (primary N) is 1. The second-order valence-electron chi connectivity index (χ2n) is 4.32. The van der Waals surface area contributed by atoms with E-state index in [2.05, 4.69) is 28.1 Å². The zero-order valence-electron chi connectivity index (χ0n) is 10.6. The van der Waals surface area contributed by atoms with Crippen LogP contribution in [-0.2, 0) is 6.42 Å². The summed E-state index contributed by atoms with van der Waals surface area (Å²) in [5.41, 5.74) is 8.14. The fraction of sp³-hybridized carbons (Fsp3) is 0.200. The van der Waals surface area contributed by atoms with Crippen molar-refractivity contribution in [2.75, 3.05) is 6.26 Å². The summed E-state index contributed by atoms with van der Waals surface area (Å²) in [6.07, 6.45) is 2.65. The minimum Gasteiger partial charge on any atom is -0.324 e. The quantitative estimate of drug-likeness (QED) is 0.826. The van der Waals surface area contributed by atoms with Crippen LogP contribution >= 0.6 is 27.7 Å². The Bertz CT molecular complexity index is 557. The minimum absolute atomic E-state index is 0.131. The lowest BCUT2D eigenvalue weighted by Crippen LogP contribution is -2.13. The van der Waals surface area contributed by atoms with Gasteiger partial charge in [0.15, 0.2) is 0 Å². The van der Waals surface area contributed by atoms with E-state index in [-0.39, 0.29) is 11.9 Å². The predicted molar refractivity (Wildman–Crippen MR) is 83.0 cm³/mol. The number of rotatable bonds is 4. The van der Waals surface area contributed by atoms with E-state index < -0.39 is 0 Å². The Kier molecular flexibility index (Phi) is 5.02. The molecule has 0 bridgehead atoms. The summed E-state index contributed by atoms with van der Waals surface area (Å²) in [5, 5.41) is 0. The van der Waals surface area contributed by atoms with Crippen molar-refractivity contribution in [3.05, 3.63) is 63.9 Å². The van der Waals surface area contributed by atoms with Crippen molar-refractivity contribution in [2.24, 2.45) is 5.73 Å². The first-order valence-corrected chi connectivity index (χ1v) is 7.95. The Morgan fingerprint density at radius 3 is 2.53 bits per heavy atom. The molecule has 1 unspecified atom stereocenters. The van der Waals surface area contributed by atoms with Crippen LogP contribution in [0, 0.1) is 5.82 Å². The van der Waals surface area contributed by atoms with E-state index in [1.165, 1.54) is 17.0 Å². The van der Waals surface area contributed by atoms with Gasteiger partial charge in [-0.1, -0.05) is 28.1 Å². The Labute approximate surface area is 125 Å². The fourth-order valence-electron chi connectivity index (χ4n) is 1.91. The molecule has 0 heterocycles. The lowest BCUT2D eigenvalue weighted by atomic mass is 10.00. The molecule has 0 saturated heterocycles. The van der Waals surface area contributed by atoms with Crippen LogP contribution in [0.15, 0.2) is 51.8 Å². The third-order valence-corrected chi connectivity index (χ3v) is 4.51. The summed E-state index contributed by atoms with van der Waals surface area (Å²) in [4.78, 5) is 1.21. The highest BCUT2D eigenvalue weighted by Gasteiger charge is 2.10. The molecule has 0 saturated carbocycles. The van der Waals surface area contributed by atoms with E-state index >= 15 is 0 Å². The fourth-order valence-corrected chi connectivity index (χ4v) is 2.72. The molecule has 0 fully saturated rings. The SMILES string of the molecule is CSc1ccc(C(N)Cc2cc(F)ccc2Br)cc1. The molecule has 2 aromatic rings. The van der Waals surface area contributed by atoms with E-state index in [1.54, 1.807) is 17.8 Å². The standard InChI is InChI=1S/C15H15BrFNS/c1-19-13-5-2-10(3-6-13)15(18)9-11-8-12(17)4-7-14(11)16/h2-8,15H,9,18H2,1H3. The van der Waals surface area contributed by atoms with Crippen LogP contribution in [0.5, 0.6) is 0 Å². The first-order valence-electron chi connectivity index (χ1n) is 5.93. The number of hydrogen-bond donors (Lipinski definition) is 1. The van der Waals surface area contributed by atoms with Crippen LogP contribution in [0.2, 0.25) is 0 Å². The van der Waals surface area contributed by atoms with Crippen molar-refractivity contribution in [1.29, 1.82) is 0 Å². The van der Waals surface area contributed by atoms with Crippen LogP contribution in [-0.4, -0.2) is 6.26 Å². The Morgan fingerprint density at radius 2 is 1.89 bits per heavy atom. The summed E-state index contributed by atoms with van der Waals surface area (Å²) in [5.74, 6) is -0.233. The van der Waals surface area contributed by atoms with Gasteiger partial charge >= 0.3 is 0 Å². The van der Waals surface area contributed by atoms with Crippen LogP contribution < -0.4 is 5.73 Å². The molecule has 0 aliphatic rings. The van der Waals surface area contributed by atoms with Gasteiger partial charge in [-0.2, -0.15) is 0 Å². The van der Waals surface area contributed by atoms with Gasteiger partial charge in [-0.25, -0.2) is 4.39 Å². The lowest BCUT2D eigenvalue weighted by Gasteiger charge is -2.14. The highest BCUT2D eigenvalue weighted by molar-refractivity contribution is 9.10. The smallest absolute Gasteiger partial charge is 0.123 e. The van der Waals surface area contributed by atoms with Crippen LogP contribution in [0.25, 0.3) is 0 Å². The molecule has 100 valence electrons. The topological polar surface area (TPSA) is 26.0 Å². The van der Waals surface area contributed by atoms with Gasteiger partial charge in [0.05, 0.1) is 0 Å². The summed E-state index contributed by atoms with van der Waals surface area (Å²) in [6.45, 7) is 0. The molecule has 0 aromatic heterocycles. The van der Waals surface area contributed by atoms with Crippen molar-refractivity contribution in [3.63, 3.8) is 0 Å². The number of thioether (sulfide) groups is 1. The average Bonchev–Trinajstić information content (AvgIpc) is 2.43. The maximum atomic E-state index is 13.2.